The number of methoxy groups -OCH3 is 5. The van der Waals surface area contributed by atoms with Crippen LogP contribution in [-0.4, -0.2) is 54.2 Å². The van der Waals surface area contributed by atoms with E-state index in [0.29, 0.717) is 49.5 Å². The van der Waals surface area contributed by atoms with Crippen molar-refractivity contribution in [2.24, 2.45) is 0 Å². The Labute approximate surface area is 429 Å². The molecule has 0 atom stereocenters. The third-order valence-corrected chi connectivity index (χ3v) is 20.2. The molecule has 0 saturated heterocycles. The van der Waals surface area contributed by atoms with Crippen molar-refractivity contribution in [1.82, 2.24) is 0 Å². The van der Waals surface area contributed by atoms with Crippen LogP contribution < -0.4 is 60.2 Å². The molecule has 0 N–H and O–H groups in total. The number of aryl methyl sites for hydroxylation is 8. The van der Waals surface area contributed by atoms with Crippen LogP contribution in [0.2, 0.25) is 10.0 Å². The third-order valence-electron chi connectivity index (χ3n) is 13.6. The highest BCUT2D eigenvalue weighted by Gasteiger charge is 2.42. The normalized spacial score (nSPS) is 13.2. The molecule has 14 heteroatoms. The molecule has 1 aliphatic rings. The summed E-state index contributed by atoms with van der Waals surface area (Å²) in [7, 11) is -0.631. The number of esters is 1. The Morgan fingerprint density at radius 2 is 0.789 bits per heavy atom. The predicted molar refractivity (Wildman–Crippen MR) is 290 cm³/mol. The molecule has 0 bridgehead atoms. The van der Waals surface area contributed by atoms with Crippen LogP contribution in [0.15, 0.2) is 72.8 Å². The van der Waals surface area contributed by atoms with Gasteiger partial charge in [-0.05, 0) is 198 Å². The van der Waals surface area contributed by atoms with Gasteiger partial charge in [0.15, 0.2) is 20.9 Å². The minimum absolute atomic E-state index is 0.00792. The van der Waals surface area contributed by atoms with Crippen LogP contribution in [0.1, 0.15) is 76.6 Å². The zero-order valence-electron chi connectivity index (χ0n) is 43.0. The minimum Gasteiger partial charge on any atom is -0.496 e. The van der Waals surface area contributed by atoms with E-state index in [-0.39, 0.29) is 44.1 Å². The van der Waals surface area contributed by atoms with Gasteiger partial charge in [-0.2, -0.15) is 0 Å². The lowest BCUT2D eigenvalue weighted by molar-refractivity contribution is -0.142. The fraction of sp³-hybridized carbons (Fsp3) is 0.351. The van der Waals surface area contributed by atoms with E-state index in [0.717, 1.165) is 76.6 Å². The zero-order chi connectivity index (χ0) is 51.7. The number of carbonyl (C=O) groups is 1. The molecule has 1 aliphatic carbocycles. The van der Waals surface area contributed by atoms with Crippen molar-refractivity contribution in [3.05, 3.63) is 127 Å². The van der Waals surface area contributed by atoms with E-state index in [1.165, 1.54) is 7.11 Å². The molecule has 6 aromatic carbocycles. The predicted octanol–water partition coefficient (Wildman–Crippen LogP) is 11.7. The highest BCUT2D eigenvalue weighted by Crippen LogP contribution is 2.56. The van der Waals surface area contributed by atoms with Crippen molar-refractivity contribution in [3.63, 3.8) is 0 Å². The second kappa shape index (κ2) is 21.8. The second-order valence-corrected chi connectivity index (χ2v) is 24.7. The lowest BCUT2D eigenvalue weighted by Gasteiger charge is -2.32. The van der Waals surface area contributed by atoms with E-state index < -0.39 is 26.9 Å². The molecular weight excluding hydrogens is 977 g/mol. The van der Waals surface area contributed by atoms with Crippen LogP contribution in [0.5, 0.6) is 34.5 Å². The van der Waals surface area contributed by atoms with Crippen LogP contribution in [-0.2, 0) is 18.7 Å². The summed E-state index contributed by atoms with van der Waals surface area (Å²) in [6, 6.07) is 21.9. The lowest BCUT2D eigenvalue weighted by Crippen LogP contribution is -2.32. The molecule has 71 heavy (non-hydrogen) atoms. The summed E-state index contributed by atoms with van der Waals surface area (Å²) >= 11 is 14.9. The number of benzene rings is 6. The Morgan fingerprint density at radius 3 is 1.10 bits per heavy atom. The van der Waals surface area contributed by atoms with Crippen molar-refractivity contribution >= 4 is 75.3 Å². The fourth-order valence-corrected chi connectivity index (χ4v) is 17.2. The van der Waals surface area contributed by atoms with Gasteiger partial charge in [0.2, 0.25) is 0 Å². The van der Waals surface area contributed by atoms with Gasteiger partial charge in [0.05, 0.1) is 51.7 Å². The number of hydrogen-bond acceptors (Lipinski definition) is 10. The zero-order valence-corrected chi connectivity index (χ0v) is 46.3. The van der Waals surface area contributed by atoms with Gasteiger partial charge in [-0.25, -0.2) is 4.79 Å². The molecular formula is C57H64Cl2O10P2. The lowest BCUT2D eigenvalue weighted by atomic mass is 9.97. The average molecular weight is 1040 g/mol. The summed E-state index contributed by atoms with van der Waals surface area (Å²) in [5.74, 6) is 2.13. The maximum absolute atomic E-state index is 17.7. The molecule has 1 fully saturated rings. The SMILES string of the molecule is COC(=O)COc1c(Cl)ccc(P(=O)(c2cc(C)c(OC)c(C)c2)c2cc(C)c(OC)c(C)c2)c1-c1c(P(=O)(c2cc(C)c(OC)c(C)c2)c2cc(C)c(OC)c(C)c2)ccc(Cl)c1OC1CCCCC1. The molecule has 0 aliphatic heterocycles. The van der Waals surface area contributed by atoms with Gasteiger partial charge in [0.1, 0.15) is 34.5 Å². The summed E-state index contributed by atoms with van der Waals surface area (Å²) in [6.07, 6.45) is 4.12. The minimum atomic E-state index is -4.18. The Kier molecular flexibility index (Phi) is 16.4. The topological polar surface area (TPSA) is 116 Å². The van der Waals surface area contributed by atoms with Gasteiger partial charge >= 0.3 is 5.97 Å². The van der Waals surface area contributed by atoms with Crippen molar-refractivity contribution in [2.75, 3.05) is 42.2 Å². The van der Waals surface area contributed by atoms with Crippen LogP contribution >= 0.6 is 37.5 Å². The Hall–Kier alpha value is -5.37. The molecule has 0 radical (unpaired) electrons. The van der Waals surface area contributed by atoms with Gasteiger partial charge in [0, 0.05) is 43.0 Å². The first kappa shape index (κ1) is 53.4. The highest BCUT2D eigenvalue weighted by atomic mass is 35.5. The highest BCUT2D eigenvalue weighted by molar-refractivity contribution is 7.86. The first-order valence-electron chi connectivity index (χ1n) is 23.6. The monoisotopic (exact) mass is 1040 g/mol. The van der Waals surface area contributed by atoms with E-state index in [9.17, 15) is 4.79 Å². The molecule has 6 aromatic rings. The first-order valence-corrected chi connectivity index (χ1v) is 27.8. The number of halogens is 2. The van der Waals surface area contributed by atoms with Crippen molar-refractivity contribution < 1.29 is 47.1 Å². The average Bonchev–Trinajstić information content (AvgIpc) is 3.33. The van der Waals surface area contributed by atoms with E-state index in [4.69, 9.17) is 56.4 Å². The number of carbonyl (C=O) groups excluding carboxylic acids is 1. The van der Waals surface area contributed by atoms with Crippen LogP contribution in [0, 0.1) is 55.4 Å². The van der Waals surface area contributed by atoms with Crippen LogP contribution in [0.3, 0.4) is 0 Å². The maximum Gasteiger partial charge on any atom is 0.343 e. The van der Waals surface area contributed by atoms with Gasteiger partial charge in [-0.15, -0.1) is 0 Å². The van der Waals surface area contributed by atoms with Gasteiger partial charge < -0.3 is 42.3 Å². The van der Waals surface area contributed by atoms with Crippen molar-refractivity contribution in [1.29, 1.82) is 0 Å². The molecule has 7 rings (SSSR count). The summed E-state index contributed by atoms with van der Waals surface area (Å²) in [6.45, 7) is 14.8. The van der Waals surface area contributed by atoms with Gasteiger partial charge in [0.25, 0.3) is 0 Å². The fourth-order valence-electron chi connectivity index (χ4n) is 10.5. The smallest absolute Gasteiger partial charge is 0.343 e. The van der Waals surface area contributed by atoms with Crippen LogP contribution in [0.4, 0.5) is 0 Å². The molecule has 0 amide bonds. The molecule has 0 unspecified atom stereocenters. The summed E-state index contributed by atoms with van der Waals surface area (Å²) in [5.41, 5.74) is 6.54. The molecule has 0 heterocycles. The van der Waals surface area contributed by atoms with E-state index in [1.54, 1.807) is 52.7 Å². The van der Waals surface area contributed by atoms with Crippen molar-refractivity contribution in [3.8, 4) is 45.6 Å². The number of hydrogen-bond donors (Lipinski definition) is 0. The van der Waals surface area contributed by atoms with Gasteiger partial charge in [-0.3, -0.25) is 0 Å². The Morgan fingerprint density at radius 1 is 0.479 bits per heavy atom. The first-order chi connectivity index (χ1) is 33.8. The largest absolute Gasteiger partial charge is 0.496 e. The Balaban J connectivity index is 1.77. The molecule has 0 aromatic heterocycles. The Bertz CT molecular complexity index is 2920. The quantitative estimate of drug-likeness (QED) is 0.0685. The number of rotatable bonds is 16. The standard InChI is InChI=1S/C57H64Cl2O10P2/c1-32-23-41(24-33(2)52(32)64-10)70(61,42-25-34(3)53(65-11)35(4)26-42)47-21-19-45(58)56(68-31-49(60)63-9)50(47)51-48(22-20-46(59)57(51)69-40-17-15-14-16-18-40)71(62,43-27-36(5)54(66-12)37(6)28-43)44-29-38(7)55(67-13)39(8)30-44/h19-30,40H,14-18,31H2,1-13H3. The third kappa shape index (κ3) is 9.95. The summed E-state index contributed by atoms with van der Waals surface area (Å²) < 4.78 is 77.6. The molecule has 10 nitrogen and oxygen atoms in total. The van der Waals surface area contributed by atoms with E-state index in [1.807, 2.05) is 104 Å². The van der Waals surface area contributed by atoms with Crippen LogP contribution in [0.25, 0.3) is 11.1 Å². The second-order valence-electron chi connectivity index (χ2n) is 18.5. The van der Waals surface area contributed by atoms with Gasteiger partial charge in [-0.1, -0.05) is 29.6 Å². The van der Waals surface area contributed by atoms with E-state index in [2.05, 4.69) is 0 Å². The molecule has 1 saturated carbocycles. The number of ether oxygens (including phenoxy) is 7. The molecule has 376 valence electrons. The maximum atomic E-state index is 17.7. The summed E-state index contributed by atoms with van der Waals surface area (Å²) in [5, 5.41) is 2.82. The molecule has 0 spiro atoms. The van der Waals surface area contributed by atoms with E-state index >= 15 is 9.13 Å². The summed E-state index contributed by atoms with van der Waals surface area (Å²) in [4.78, 5) is 13.2. The van der Waals surface area contributed by atoms with Crippen molar-refractivity contribution in [2.45, 2.75) is 93.6 Å².